The summed E-state index contributed by atoms with van der Waals surface area (Å²) in [6.45, 7) is 1.41. The van der Waals surface area contributed by atoms with Crippen molar-refractivity contribution in [1.82, 2.24) is 9.58 Å². The molecule has 0 radical (unpaired) electrons. The maximum atomic E-state index is 13.7. The first kappa shape index (κ1) is 24.8. The van der Waals surface area contributed by atoms with Crippen molar-refractivity contribution in [3.8, 4) is 5.75 Å². The number of benzene rings is 2. The maximum absolute atomic E-state index is 13.7. The SMILES string of the molecule is CN1C2COCCN2C(=O)c2c(OS)c(=O)ccn21.Fc1ccc2c(c1F)C[Se]c1ccccc1C2. The molecular formula is C25H23F2N3O4SSe. The van der Waals surface area contributed by atoms with Crippen molar-refractivity contribution in [2.45, 2.75) is 17.9 Å². The molecule has 0 bridgehead atoms. The molecule has 36 heavy (non-hydrogen) atoms. The van der Waals surface area contributed by atoms with Gasteiger partial charge in [-0.05, 0) is 0 Å². The Balaban J connectivity index is 0.000000149. The van der Waals surface area contributed by atoms with Crippen molar-refractivity contribution in [3.05, 3.63) is 92.9 Å². The summed E-state index contributed by atoms with van der Waals surface area (Å²) in [5.74, 6) is -1.68. The number of thiol groups is 1. The van der Waals surface area contributed by atoms with E-state index >= 15 is 0 Å². The van der Waals surface area contributed by atoms with Crippen molar-refractivity contribution in [2.75, 3.05) is 31.8 Å². The zero-order valence-electron chi connectivity index (χ0n) is 19.3. The number of rotatable bonds is 1. The number of hydrogen-bond acceptors (Lipinski definition) is 6. The molecule has 11 heteroatoms. The minimum absolute atomic E-state index is 0.0485. The van der Waals surface area contributed by atoms with E-state index in [9.17, 15) is 18.4 Å². The average molecular weight is 578 g/mol. The molecule has 3 aliphatic heterocycles. The van der Waals surface area contributed by atoms with E-state index < -0.39 is 11.6 Å². The second-order valence-corrected chi connectivity index (χ2v) is 10.8. The summed E-state index contributed by atoms with van der Waals surface area (Å²) < 4.78 is 40.0. The van der Waals surface area contributed by atoms with Gasteiger partial charge >= 0.3 is 105 Å². The molecule has 0 spiro atoms. The first-order valence-electron chi connectivity index (χ1n) is 11.3. The van der Waals surface area contributed by atoms with E-state index in [1.54, 1.807) is 21.8 Å². The van der Waals surface area contributed by atoms with Crippen LogP contribution in [0.5, 0.6) is 5.75 Å². The van der Waals surface area contributed by atoms with E-state index in [4.69, 9.17) is 8.92 Å². The number of ether oxygens (including phenoxy) is 1. The topological polar surface area (TPSA) is 64.0 Å². The summed E-state index contributed by atoms with van der Waals surface area (Å²) in [7, 11) is 1.83. The third-order valence-electron chi connectivity index (χ3n) is 6.48. The first-order valence-corrected chi connectivity index (χ1v) is 13.7. The fraction of sp³-hybridized carbons (Fsp3) is 0.280. The Morgan fingerprint density at radius 3 is 2.72 bits per heavy atom. The van der Waals surface area contributed by atoms with Gasteiger partial charge in [-0.15, -0.1) is 0 Å². The first-order chi connectivity index (χ1) is 17.4. The van der Waals surface area contributed by atoms with Gasteiger partial charge in [0.1, 0.15) is 6.17 Å². The summed E-state index contributed by atoms with van der Waals surface area (Å²) in [6, 6.07) is 12.5. The molecule has 188 valence electrons. The third-order valence-corrected chi connectivity index (χ3v) is 9.06. The molecule has 1 fully saturated rings. The second kappa shape index (κ2) is 10.3. The number of hydrogen-bond donors (Lipinski definition) is 1. The number of carbonyl (C=O) groups excluding carboxylic acids is 1. The Kier molecular flexibility index (Phi) is 7.07. The van der Waals surface area contributed by atoms with Crippen molar-refractivity contribution < 1.29 is 22.5 Å². The quantitative estimate of drug-likeness (QED) is 0.272. The number of nitrogens with zero attached hydrogens (tertiary/aromatic N) is 3. The number of morpholine rings is 1. The van der Waals surface area contributed by atoms with Crippen LogP contribution in [0, 0.1) is 11.6 Å². The Labute approximate surface area is 218 Å². The summed E-state index contributed by atoms with van der Waals surface area (Å²) in [5, 5.41) is 2.48. The van der Waals surface area contributed by atoms with Crippen molar-refractivity contribution in [2.24, 2.45) is 0 Å². The number of likely N-dealkylation sites (N-methyl/N-ethyl adjacent to an activating group) is 1. The van der Waals surface area contributed by atoms with Gasteiger partial charge in [-0.1, -0.05) is 0 Å². The van der Waals surface area contributed by atoms with Gasteiger partial charge in [-0.25, -0.2) is 0 Å². The molecule has 1 aromatic heterocycles. The van der Waals surface area contributed by atoms with Crippen LogP contribution in [0.25, 0.3) is 0 Å². The standard InChI is InChI=1S/C14H10F2Se.C11H13N3O4S/c15-12-6-5-9-7-10-3-1-2-4-13(10)17-8-11(9)14(12)16;1-12-8-6-17-5-4-13(8)11(16)9-10(18-19)7(15)2-3-14(9)12/h1-6H,7-8H2;2-3,8,19H,4-6H2,1H3. The van der Waals surface area contributed by atoms with E-state index in [2.05, 4.69) is 25.0 Å². The van der Waals surface area contributed by atoms with E-state index in [1.165, 1.54) is 22.2 Å². The molecule has 1 atom stereocenters. The van der Waals surface area contributed by atoms with Crippen LogP contribution in [0.2, 0.25) is 0 Å². The zero-order valence-corrected chi connectivity index (χ0v) is 21.9. The number of pyridine rings is 1. The van der Waals surface area contributed by atoms with Gasteiger partial charge in [-0.2, -0.15) is 0 Å². The van der Waals surface area contributed by atoms with Crippen LogP contribution in [0.1, 0.15) is 27.2 Å². The monoisotopic (exact) mass is 579 g/mol. The molecule has 1 saturated heterocycles. The fourth-order valence-electron chi connectivity index (χ4n) is 4.57. The molecule has 1 unspecified atom stereocenters. The number of aromatic nitrogens is 1. The van der Waals surface area contributed by atoms with Crippen LogP contribution in [0.4, 0.5) is 8.78 Å². The number of carbonyl (C=O) groups is 1. The number of fused-ring (bicyclic) bond motifs is 4. The average Bonchev–Trinajstić information content (AvgIpc) is 3.09. The predicted octanol–water partition coefficient (Wildman–Crippen LogP) is 1.85. The summed E-state index contributed by atoms with van der Waals surface area (Å²) >= 11 is 3.87. The van der Waals surface area contributed by atoms with Gasteiger partial charge in [0.2, 0.25) is 11.2 Å². The summed E-state index contributed by atoms with van der Waals surface area (Å²) in [5.41, 5.74) is 2.58. The predicted molar refractivity (Wildman–Crippen MR) is 135 cm³/mol. The van der Waals surface area contributed by atoms with Gasteiger partial charge < -0.3 is 13.8 Å². The molecule has 6 rings (SSSR count). The van der Waals surface area contributed by atoms with Gasteiger partial charge in [0, 0.05) is 38.8 Å². The molecule has 3 aromatic rings. The van der Waals surface area contributed by atoms with Gasteiger partial charge in [-0.3, -0.25) is 19.3 Å². The van der Waals surface area contributed by atoms with Crippen LogP contribution in [-0.2, 0) is 16.5 Å². The van der Waals surface area contributed by atoms with Crippen molar-refractivity contribution >= 4 is 38.2 Å². The Bertz CT molecular complexity index is 1390. The molecule has 0 N–H and O–H groups in total. The van der Waals surface area contributed by atoms with Crippen LogP contribution in [-0.4, -0.2) is 63.4 Å². The van der Waals surface area contributed by atoms with Crippen LogP contribution in [0.3, 0.4) is 0 Å². The summed E-state index contributed by atoms with van der Waals surface area (Å²) in [4.78, 5) is 25.9. The van der Waals surface area contributed by atoms with Gasteiger partial charge in [0.25, 0.3) is 5.91 Å². The normalized spacial score (nSPS) is 18.1. The molecule has 3 aliphatic rings. The van der Waals surface area contributed by atoms with Crippen LogP contribution in [0.15, 0.2) is 53.5 Å². The van der Waals surface area contributed by atoms with Crippen LogP contribution >= 0.6 is 12.9 Å². The molecule has 7 nitrogen and oxygen atoms in total. The zero-order chi connectivity index (χ0) is 25.4. The van der Waals surface area contributed by atoms with Gasteiger partial charge in [0.15, 0.2) is 5.69 Å². The molecule has 2 aromatic carbocycles. The molecule has 4 heterocycles. The second-order valence-electron chi connectivity index (χ2n) is 8.49. The molecular weight excluding hydrogens is 555 g/mol. The minimum atomic E-state index is -0.731. The van der Waals surface area contributed by atoms with Crippen molar-refractivity contribution in [3.63, 3.8) is 0 Å². The Morgan fingerprint density at radius 1 is 1.11 bits per heavy atom. The van der Waals surface area contributed by atoms with Crippen LogP contribution < -0.4 is 19.1 Å². The molecule has 1 amide bonds. The summed E-state index contributed by atoms with van der Waals surface area (Å²) in [6.07, 6.45) is 2.09. The third kappa shape index (κ3) is 4.41. The van der Waals surface area contributed by atoms with E-state index in [0.717, 1.165) is 5.56 Å². The Morgan fingerprint density at radius 2 is 1.92 bits per heavy atom. The fourth-order valence-corrected chi connectivity index (χ4v) is 7.08. The molecule has 0 aliphatic carbocycles. The number of amides is 1. The van der Waals surface area contributed by atoms with Gasteiger partial charge in [0.05, 0.1) is 13.2 Å². The van der Waals surface area contributed by atoms with E-state index in [1.807, 2.05) is 24.2 Å². The number of halogens is 2. The van der Waals surface area contributed by atoms with E-state index in [-0.39, 0.29) is 43.9 Å². The Hall–Kier alpha value is -2.85. The van der Waals surface area contributed by atoms with E-state index in [0.29, 0.717) is 37.1 Å². The van der Waals surface area contributed by atoms with Crippen molar-refractivity contribution in [1.29, 1.82) is 0 Å². The molecule has 0 saturated carbocycles.